The Bertz CT molecular complexity index is 1140. The average molecular weight is 468 g/mol. The highest BCUT2D eigenvalue weighted by Gasteiger charge is 2.34. The largest absolute Gasteiger partial charge is 0.416 e. The standard InChI is InChI=1S/C22H24F3N3O3S/c1-15-12-17-13-20(6-7-21(17)28(15)16(2)29)32(30,31)27-10-8-26(9-11-27)19-5-3-4-18(14-19)22(23,24)25/h3-7,13-15H,8-12H2,1-2H3. The zero-order valence-corrected chi connectivity index (χ0v) is 18.6. The number of hydrogen-bond donors (Lipinski definition) is 0. The first kappa shape index (κ1) is 22.6. The van der Waals surface area contributed by atoms with Crippen molar-refractivity contribution in [2.75, 3.05) is 36.0 Å². The molecule has 1 saturated heterocycles. The van der Waals surface area contributed by atoms with Gasteiger partial charge in [-0.15, -0.1) is 0 Å². The van der Waals surface area contributed by atoms with E-state index in [0.717, 1.165) is 23.4 Å². The van der Waals surface area contributed by atoms with Crippen molar-refractivity contribution >= 4 is 27.3 Å². The van der Waals surface area contributed by atoms with Gasteiger partial charge in [-0.2, -0.15) is 17.5 Å². The second-order valence-corrected chi connectivity index (χ2v) is 10.1. The van der Waals surface area contributed by atoms with Crippen LogP contribution in [0.25, 0.3) is 0 Å². The molecule has 2 aliphatic heterocycles. The normalized spacial score (nSPS) is 19.8. The zero-order valence-electron chi connectivity index (χ0n) is 17.8. The fourth-order valence-electron chi connectivity index (χ4n) is 4.46. The number of piperazine rings is 1. The number of halogens is 3. The van der Waals surface area contributed by atoms with E-state index in [4.69, 9.17) is 0 Å². The third-order valence-corrected chi connectivity index (χ3v) is 7.92. The topological polar surface area (TPSA) is 60.9 Å². The third-order valence-electron chi connectivity index (χ3n) is 6.02. The van der Waals surface area contributed by atoms with Crippen molar-refractivity contribution in [3.05, 3.63) is 53.6 Å². The lowest BCUT2D eigenvalue weighted by atomic mass is 10.1. The Hall–Kier alpha value is -2.59. The molecule has 1 unspecified atom stereocenters. The SMILES string of the molecule is CC(=O)N1c2ccc(S(=O)(=O)N3CCN(c4cccc(C(F)(F)F)c4)CC3)cc2CC1C. The first-order valence-corrected chi connectivity index (χ1v) is 11.8. The summed E-state index contributed by atoms with van der Waals surface area (Å²) < 4.78 is 66.7. The summed E-state index contributed by atoms with van der Waals surface area (Å²) in [6, 6.07) is 9.85. The highest BCUT2D eigenvalue weighted by Crippen LogP contribution is 2.35. The summed E-state index contributed by atoms with van der Waals surface area (Å²) in [6.45, 7) is 4.33. The van der Waals surface area contributed by atoms with E-state index in [1.807, 2.05) is 6.92 Å². The Labute approximate surface area is 185 Å². The summed E-state index contributed by atoms with van der Waals surface area (Å²) in [6.07, 6.45) is -3.84. The highest BCUT2D eigenvalue weighted by molar-refractivity contribution is 7.89. The van der Waals surface area contributed by atoms with Gasteiger partial charge in [0.1, 0.15) is 0 Å². The monoisotopic (exact) mass is 467 g/mol. The van der Waals surface area contributed by atoms with Crippen molar-refractivity contribution < 1.29 is 26.4 Å². The summed E-state index contributed by atoms with van der Waals surface area (Å²) in [7, 11) is -3.75. The van der Waals surface area contributed by atoms with E-state index in [-0.39, 0.29) is 29.9 Å². The average Bonchev–Trinajstić information content (AvgIpc) is 3.08. The van der Waals surface area contributed by atoms with E-state index >= 15 is 0 Å². The molecule has 2 aliphatic rings. The number of nitrogens with zero attached hydrogens (tertiary/aromatic N) is 3. The van der Waals surface area contributed by atoms with Gasteiger partial charge in [0.2, 0.25) is 15.9 Å². The van der Waals surface area contributed by atoms with Crippen LogP contribution in [-0.4, -0.2) is 50.9 Å². The number of hydrogen-bond acceptors (Lipinski definition) is 4. The number of carbonyl (C=O) groups is 1. The fourth-order valence-corrected chi connectivity index (χ4v) is 5.94. The molecule has 6 nitrogen and oxygen atoms in total. The van der Waals surface area contributed by atoms with Crippen LogP contribution in [0.5, 0.6) is 0 Å². The zero-order chi connectivity index (χ0) is 23.3. The predicted octanol–water partition coefficient (Wildman–Crippen LogP) is 3.51. The van der Waals surface area contributed by atoms with E-state index in [2.05, 4.69) is 0 Å². The summed E-state index contributed by atoms with van der Waals surface area (Å²) in [4.78, 5) is 15.5. The molecule has 0 radical (unpaired) electrons. The molecule has 1 atom stereocenters. The predicted molar refractivity (Wildman–Crippen MR) is 115 cm³/mol. The van der Waals surface area contributed by atoms with Crippen LogP contribution >= 0.6 is 0 Å². The van der Waals surface area contributed by atoms with E-state index in [1.165, 1.54) is 23.4 Å². The quantitative estimate of drug-likeness (QED) is 0.693. The van der Waals surface area contributed by atoms with Gasteiger partial charge in [-0.05, 0) is 55.3 Å². The summed E-state index contributed by atoms with van der Waals surface area (Å²) >= 11 is 0. The van der Waals surface area contributed by atoms with Gasteiger partial charge in [-0.3, -0.25) is 4.79 Å². The summed E-state index contributed by atoms with van der Waals surface area (Å²) in [5.74, 6) is -0.0856. The molecule has 32 heavy (non-hydrogen) atoms. The molecule has 2 aromatic rings. The summed E-state index contributed by atoms with van der Waals surface area (Å²) in [5.41, 5.74) is 1.25. The number of anilines is 2. The molecule has 0 aliphatic carbocycles. The molecule has 1 amide bonds. The van der Waals surface area contributed by atoms with Crippen LogP contribution in [0.1, 0.15) is 25.0 Å². The minimum atomic E-state index is -4.43. The molecule has 0 saturated carbocycles. The van der Waals surface area contributed by atoms with Crippen LogP contribution in [0.15, 0.2) is 47.4 Å². The number of amides is 1. The Morgan fingerprint density at radius 1 is 1.03 bits per heavy atom. The van der Waals surface area contributed by atoms with Gasteiger partial charge in [0.15, 0.2) is 0 Å². The Morgan fingerprint density at radius 2 is 1.72 bits per heavy atom. The van der Waals surface area contributed by atoms with E-state index < -0.39 is 21.8 Å². The van der Waals surface area contributed by atoms with Crippen LogP contribution in [0.3, 0.4) is 0 Å². The number of fused-ring (bicyclic) bond motifs is 1. The smallest absolute Gasteiger partial charge is 0.369 e. The van der Waals surface area contributed by atoms with Crippen LogP contribution < -0.4 is 9.80 Å². The number of carbonyl (C=O) groups excluding carboxylic acids is 1. The molecular weight excluding hydrogens is 443 g/mol. The maximum absolute atomic E-state index is 13.2. The van der Waals surface area contributed by atoms with Crippen molar-refractivity contribution in [3.8, 4) is 0 Å². The van der Waals surface area contributed by atoms with E-state index in [9.17, 15) is 26.4 Å². The Morgan fingerprint density at radius 3 is 2.34 bits per heavy atom. The lowest BCUT2D eigenvalue weighted by molar-refractivity contribution is -0.137. The molecule has 172 valence electrons. The minimum absolute atomic E-state index is 0.0311. The lowest BCUT2D eigenvalue weighted by Crippen LogP contribution is -2.48. The molecule has 10 heteroatoms. The van der Waals surface area contributed by atoms with Gasteiger partial charge in [-0.1, -0.05) is 6.07 Å². The molecular formula is C22H24F3N3O3S. The summed E-state index contributed by atoms with van der Waals surface area (Å²) in [5, 5.41) is 0. The van der Waals surface area contributed by atoms with Crippen molar-refractivity contribution in [2.45, 2.75) is 37.4 Å². The molecule has 0 bridgehead atoms. The van der Waals surface area contributed by atoms with Crippen molar-refractivity contribution in [1.82, 2.24) is 4.31 Å². The lowest BCUT2D eigenvalue weighted by Gasteiger charge is -2.35. The Kier molecular flexibility index (Phi) is 5.70. The fraction of sp³-hybridized carbons (Fsp3) is 0.409. The molecule has 4 rings (SSSR count). The number of benzene rings is 2. The minimum Gasteiger partial charge on any atom is -0.369 e. The van der Waals surface area contributed by atoms with Gasteiger partial charge in [0.25, 0.3) is 0 Å². The van der Waals surface area contributed by atoms with Gasteiger partial charge in [0, 0.05) is 50.5 Å². The second kappa shape index (κ2) is 8.08. The van der Waals surface area contributed by atoms with Gasteiger partial charge in [0.05, 0.1) is 10.5 Å². The van der Waals surface area contributed by atoms with Crippen molar-refractivity contribution in [3.63, 3.8) is 0 Å². The van der Waals surface area contributed by atoms with Crippen LogP contribution in [-0.2, 0) is 27.4 Å². The second-order valence-electron chi connectivity index (χ2n) is 8.17. The third kappa shape index (κ3) is 4.09. The molecule has 0 spiro atoms. The van der Waals surface area contributed by atoms with Crippen LogP contribution in [0.2, 0.25) is 0 Å². The number of sulfonamides is 1. The molecule has 1 fully saturated rings. The van der Waals surface area contributed by atoms with Crippen molar-refractivity contribution in [2.24, 2.45) is 0 Å². The van der Waals surface area contributed by atoms with Gasteiger partial charge < -0.3 is 9.80 Å². The van der Waals surface area contributed by atoms with Crippen LogP contribution in [0, 0.1) is 0 Å². The number of alkyl halides is 3. The van der Waals surface area contributed by atoms with E-state index in [0.29, 0.717) is 25.2 Å². The molecule has 2 heterocycles. The molecule has 0 aromatic heterocycles. The first-order chi connectivity index (χ1) is 15.0. The molecule has 0 N–H and O–H groups in total. The van der Waals surface area contributed by atoms with Gasteiger partial charge in [-0.25, -0.2) is 8.42 Å². The van der Waals surface area contributed by atoms with Crippen molar-refractivity contribution in [1.29, 1.82) is 0 Å². The maximum atomic E-state index is 13.2. The highest BCUT2D eigenvalue weighted by atomic mass is 32.2. The number of rotatable bonds is 3. The van der Waals surface area contributed by atoms with Gasteiger partial charge >= 0.3 is 6.18 Å². The molecule has 2 aromatic carbocycles. The first-order valence-electron chi connectivity index (χ1n) is 10.3. The maximum Gasteiger partial charge on any atom is 0.416 e. The Balaban J connectivity index is 1.50. The van der Waals surface area contributed by atoms with E-state index in [1.54, 1.807) is 28.0 Å². The van der Waals surface area contributed by atoms with Crippen LogP contribution in [0.4, 0.5) is 24.5 Å².